The summed E-state index contributed by atoms with van der Waals surface area (Å²) in [6, 6.07) is 12.3. The number of fused-ring (bicyclic) bond motifs is 14. The van der Waals surface area contributed by atoms with Gasteiger partial charge >= 0.3 is 25.4 Å². The fraction of sp³-hybridized carbons (Fsp3) is 0.186. The van der Waals surface area contributed by atoms with E-state index in [9.17, 15) is 14.4 Å². The molecule has 0 spiro atoms. The standard InChI is InChI=1S/C39H28N9O4.2C2H6.Zn/c1-5-9-12-24-23(8-4)33-42-34(24)45-37-27-16-15-20(39(51)52-48-29(49)17-18-30(48)50)19-28(27)38(47-37)44-32-22(7-3)21(6-2)31(40-32)41-35-25-13-10-11-14-26(25)36(43-33)46-35;2*1-2;/h6-16,19H,2-5,17-18H2,1H3,(H-,40,41,42,43,44,45,46,47,51);2*1-2H3;/q-1;;;+2/p-1/b12-9-;;;. The molecule has 1 saturated heterocycles. The molecular weight excluding hydrogens is 772 g/mol. The van der Waals surface area contributed by atoms with Gasteiger partial charge in [-0.25, -0.2) is 14.8 Å². The Hall–Kier alpha value is -6.53. The number of benzene rings is 2. The zero-order valence-electron chi connectivity index (χ0n) is 32.5. The summed E-state index contributed by atoms with van der Waals surface area (Å²) in [5.74, 6) is -0.832. The molecule has 6 heterocycles. The van der Waals surface area contributed by atoms with Crippen LogP contribution in [0.1, 0.15) is 86.5 Å². The molecule has 2 aromatic carbocycles. The number of carbonyl (C=O) groups is 3. The predicted molar refractivity (Wildman–Crippen MR) is 218 cm³/mol. The van der Waals surface area contributed by atoms with Gasteiger partial charge in [-0.2, -0.15) is 0 Å². The van der Waals surface area contributed by atoms with Crippen LogP contribution in [0.15, 0.2) is 68.3 Å². The van der Waals surface area contributed by atoms with E-state index in [1.165, 1.54) is 12.1 Å². The molecule has 14 heteroatoms. The third-order valence-electron chi connectivity index (χ3n) is 8.70. The van der Waals surface area contributed by atoms with Crippen molar-refractivity contribution in [3.05, 3.63) is 96.1 Å². The van der Waals surface area contributed by atoms with Crippen molar-refractivity contribution in [1.29, 1.82) is 0 Å². The molecule has 3 aliphatic heterocycles. The van der Waals surface area contributed by atoms with Gasteiger partial charge in [0, 0.05) is 57.7 Å². The smallest absolute Gasteiger partial charge is 0.357 e. The number of aromatic nitrogens is 8. The van der Waals surface area contributed by atoms with Gasteiger partial charge < -0.3 is 34.7 Å². The van der Waals surface area contributed by atoms with Crippen molar-refractivity contribution < 1.29 is 38.7 Å². The van der Waals surface area contributed by atoms with Crippen molar-refractivity contribution in [2.75, 3.05) is 0 Å². The minimum absolute atomic E-state index is 0. The van der Waals surface area contributed by atoms with E-state index in [1.807, 2.05) is 71.0 Å². The first-order valence-corrected chi connectivity index (χ1v) is 18.4. The second kappa shape index (κ2) is 18.0. The minimum atomic E-state index is -0.900. The van der Waals surface area contributed by atoms with E-state index in [0.717, 1.165) is 17.5 Å². The van der Waals surface area contributed by atoms with Crippen LogP contribution >= 0.6 is 0 Å². The molecule has 8 rings (SSSR count). The quantitative estimate of drug-likeness (QED) is 0.111. The van der Waals surface area contributed by atoms with Crippen molar-refractivity contribution >= 4 is 64.7 Å². The first kappa shape index (κ1) is 41.6. The Balaban J connectivity index is 0.00000120. The van der Waals surface area contributed by atoms with Crippen molar-refractivity contribution in [3.8, 4) is 45.6 Å². The number of imide groups is 1. The Labute approximate surface area is 342 Å². The zero-order valence-corrected chi connectivity index (χ0v) is 35.5. The van der Waals surface area contributed by atoms with E-state index in [0.29, 0.717) is 67.0 Å². The Morgan fingerprint density at radius 2 is 1.09 bits per heavy atom. The largest absolute Gasteiger partial charge is 2.00 e. The monoisotopic (exact) mass is 809 g/mol. The van der Waals surface area contributed by atoms with Crippen LogP contribution in [-0.4, -0.2) is 52.8 Å². The van der Waals surface area contributed by atoms with Gasteiger partial charge in [0.1, 0.15) is 0 Å². The van der Waals surface area contributed by atoms with E-state index in [1.54, 1.807) is 24.3 Å². The van der Waals surface area contributed by atoms with Crippen LogP contribution in [0.2, 0.25) is 0 Å². The van der Waals surface area contributed by atoms with Crippen molar-refractivity contribution in [2.24, 2.45) is 0 Å². The van der Waals surface area contributed by atoms with Gasteiger partial charge in [0.2, 0.25) is 0 Å². The van der Waals surface area contributed by atoms with Gasteiger partial charge in [0.05, 0.1) is 28.9 Å². The van der Waals surface area contributed by atoms with E-state index in [-0.39, 0.29) is 55.2 Å². The maximum atomic E-state index is 13.2. The second-order valence-electron chi connectivity index (χ2n) is 11.8. The van der Waals surface area contributed by atoms with Crippen LogP contribution in [0, 0.1) is 0 Å². The molecule has 1 fully saturated rings. The molecule has 0 radical (unpaired) electrons. The molecule has 3 aromatic heterocycles. The molecule has 0 saturated carbocycles. The molecule has 0 unspecified atom stereocenters. The zero-order chi connectivity index (χ0) is 40.1. The summed E-state index contributed by atoms with van der Waals surface area (Å²) in [4.78, 5) is 81.5. The first-order valence-electron chi connectivity index (χ1n) is 18.4. The number of amides is 2. The van der Waals surface area contributed by atoms with Gasteiger partial charge in [-0.1, -0.05) is 115 Å². The summed E-state index contributed by atoms with van der Waals surface area (Å²) in [6.07, 6.45) is 9.51. The Kier molecular flexibility index (Phi) is 13.1. The average Bonchev–Trinajstić information content (AvgIpc) is 4.02. The number of nitrogens with zero attached hydrogens (tertiary/aromatic N) is 9. The second-order valence-corrected chi connectivity index (χ2v) is 11.8. The SMILES string of the molecule is C=Cc1c(C=C)c2nc3nc(nc4[n-]c(nc5nc(nc1[n-]2)-c1ccccc1-5)c(C=C)c4/C=C\CC)-c1ccc(C(=O)ON2C(=O)CCC2=O)cc1-3.CC.CC.[Zn+2]. The molecule has 3 aliphatic rings. The summed E-state index contributed by atoms with van der Waals surface area (Å²) in [7, 11) is 0. The summed E-state index contributed by atoms with van der Waals surface area (Å²) in [5.41, 5.74) is 6.27. The molecule has 282 valence electrons. The molecule has 0 N–H and O–H groups in total. The number of hydrogen-bond acceptors (Lipinski definition) is 10. The topological polar surface area (TPSA) is 169 Å². The molecule has 5 aromatic rings. The fourth-order valence-corrected chi connectivity index (χ4v) is 6.17. The summed E-state index contributed by atoms with van der Waals surface area (Å²) in [5, 5.41) is 0.500. The van der Waals surface area contributed by atoms with Gasteiger partial charge in [-0.05, 0) is 40.8 Å². The molecular formula is C43H39N9O4Zn. The molecule has 0 aliphatic carbocycles. The normalized spacial score (nSPS) is 12.3. The average molecular weight is 811 g/mol. The van der Waals surface area contributed by atoms with Crippen molar-refractivity contribution in [3.63, 3.8) is 0 Å². The summed E-state index contributed by atoms with van der Waals surface area (Å²) in [6.45, 7) is 22.0. The molecule has 8 bridgehead atoms. The van der Waals surface area contributed by atoms with Gasteiger partial charge in [-0.3, -0.25) is 9.59 Å². The van der Waals surface area contributed by atoms with Crippen LogP contribution in [0.5, 0.6) is 0 Å². The van der Waals surface area contributed by atoms with Crippen LogP contribution in [-0.2, 0) is 33.9 Å². The van der Waals surface area contributed by atoms with E-state index < -0.39 is 17.8 Å². The van der Waals surface area contributed by atoms with Crippen molar-refractivity contribution in [1.82, 2.24) is 44.9 Å². The van der Waals surface area contributed by atoms with E-state index >= 15 is 0 Å². The molecule has 13 nitrogen and oxygen atoms in total. The summed E-state index contributed by atoms with van der Waals surface area (Å²) >= 11 is 0. The van der Waals surface area contributed by atoms with E-state index in [2.05, 4.69) is 19.7 Å². The first-order chi connectivity index (χ1) is 27.3. The maximum absolute atomic E-state index is 13.2. The number of carbonyl (C=O) groups excluding carboxylic acids is 3. The van der Waals surface area contributed by atoms with Crippen LogP contribution < -0.4 is 9.97 Å². The van der Waals surface area contributed by atoms with Crippen LogP contribution in [0.25, 0.3) is 92.4 Å². The van der Waals surface area contributed by atoms with E-state index in [4.69, 9.17) is 44.7 Å². The summed E-state index contributed by atoms with van der Waals surface area (Å²) < 4.78 is 0. The molecule has 2 amide bonds. The fourth-order valence-electron chi connectivity index (χ4n) is 6.17. The minimum Gasteiger partial charge on any atom is -0.357 e. The number of hydrogen-bond donors (Lipinski definition) is 0. The molecule has 0 atom stereocenters. The number of hydroxylamine groups is 2. The van der Waals surface area contributed by atoms with Gasteiger partial charge in [0.25, 0.3) is 11.8 Å². The van der Waals surface area contributed by atoms with Gasteiger partial charge in [-0.15, -0.1) is 5.06 Å². The maximum Gasteiger partial charge on any atom is 2.00 e. The van der Waals surface area contributed by atoms with Crippen LogP contribution in [0.3, 0.4) is 0 Å². The molecule has 57 heavy (non-hydrogen) atoms. The van der Waals surface area contributed by atoms with Crippen LogP contribution in [0.4, 0.5) is 0 Å². The Morgan fingerprint density at radius 3 is 1.54 bits per heavy atom. The predicted octanol–water partition coefficient (Wildman–Crippen LogP) is 8.44. The van der Waals surface area contributed by atoms with Gasteiger partial charge in [0.15, 0.2) is 0 Å². The van der Waals surface area contributed by atoms with Crippen molar-refractivity contribution in [2.45, 2.75) is 53.9 Å². The Morgan fingerprint density at radius 1 is 0.667 bits per heavy atom. The number of rotatable bonds is 7. The Bertz CT molecular complexity index is 2630. The number of allylic oxidation sites excluding steroid dienone is 1. The third-order valence-corrected chi connectivity index (χ3v) is 8.70. The third kappa shape index (κ3) is 7.68.